The molecule has 4 nitrogen and oxygen atoms in total. The van der Waals surface area contributed by atoms with Crippen molar-refractivity contribution >= 4 is 11.4 Å². The van der Waals surface area contributed by atoms with E-state index in [1.54, 1.807) is 6.20 Å². The maximum absolute atomic E-state index is 5.95. The number of hydrogen-bond acceptors (Lipinski definition) is 4. The topological polar surface area (TPSA) is 77.0 Å². The van der Waals surface area contributed by atoms with Gasteiger partial charge in [0.2, 0.25) is 0 Å². The van der Waals surface area contributed by atoms with E-state index < -0.39 is 0 Å². The Labute approximate surface area is 107 Å². The molecule has 0 radical (unpaired) electrons. The van der Waals surface area contributed by atoms with Crippen molar-refractivity contribution in [3.63, 3.8) is 0 Å². The van der Waals surface area contributed by atoms with Crippen molar-refractivity contribution in [2.24, 2.45) is 0 Å². The molecule has 94 valence electrons. The van der Waals surface area contributed by atoms with E-state index in [-0.39, 0.29) is 6.04 Å². The Morgan fingerprint density at radius 1 is 1.28 bits per heavy atom. The molecule has 1 unspecified atom stereocenters. The van der Waals surface area contributed by atoms with Crippen LogP contribution in [0.1, 0.15) is 24.1 Å². The highest BCUT2D eigenvalue weighted by Crippen LogP contribution is 2.22. The van der Waals surface area contributed by atoms with E-state index in [0.29, 0.717) is 0 Å². The molecule has 18 heavy (non-hydrogen) atoms. The predicted molar refractivity (Wildman–Crippen MR) is 74.8 cm³/mol. The Kier molecular flexibility index (Phi) is 3.79. The first-order valence-corrected chi connectivity index (χ1v) is 5.94. The summed E-state index contributed by atoms with van der Waals surface area (Å²) in [6.07, 6.45) is 3.62. The van der Waals surface area contributed by atoms with Gasteiger partial charge < -0.3 is 16.8 Å². The molecule has 0 spiro atoms. The van der Waals surface area contributed by atoms with Crippen molar-refractivity contribution in [1.82, 2.24) is 10.3 Å². The predicted octanol–water partition coefficient (Wildman–Crippen LogP) is 2.10. The van der Waals surface area contributed by atoms with Gasteiger partial charge in [0, 0.05) is 36.4 Å². The molecule has 2 aromatic rings. The number of nitrogens with one attached hydrogen (secondary N) is 1. The third kappa shape index (κ3) is 2.99. The van der Waals surface area contributed by atoms with E-state index in [1.165, 1.54) is 0 Å². The van der Waals surface area contributed by atoms with Gasteiger partial charge in [-0.05, 0) is 42.3 Å². The fourth-order valence-corrected chi connectivity index (χ4v) is 1.85. The Hall–Kier alpha value is -2.07. The molecule has 0 amide bonds. The zero-order valence-electron chi connectivity index (χ0n) is 10.4. The summed E-state index contributed by atoms with van der Waals surface area (Å²) in [7, 11) is 0. The lowest BCUT2D eigenvalue weighted by Crippen LogP contribution is -2.19. The van der Waals surface area contributed by atoms with Crippen LogP contribution in [0, 0.1) is 0 Å². The minimum absolute atomic E-state index is 0.147. The number of nitrogen functional groups attached to an aromatic ring is 2. The van der Waals surface area contributed by atoms with Crippen molar-refractivity contribution in [3.8, 4) is 0 Å². The highest BCUT2D eigenvalue weighted by Gasteiger charge is 2.08. The summed E-state index contributed by atoms with van der Waals surface area (Å²) < 4.78 is 0. The second kappa shape index (κ2) is 5.51. The molecular formula is C14H18N4. The van der Waals surface area contributed by atoms with Gasteiger partial charge in [-0.15, -0.1) is 0 Å². The first-order chi connectivity index (χ1) is 8.66. The molecule has 5 N–H and O–H groups in total. The van der Waals surface area contributed by atoms with Gasteiger partial charge in [0.1, 0.15) is 0 Å². The van der Waals surface area contributed by atoms with Crippen LogP contribution in [0.15, 0.2) is 42.7 Å². The van der Waals surface area contributed by atoms with E-state index >= 15 is 0 Å². The van der Waals surface area contributed by atoms with Crippen LogP contribution in [-0.4, -0.2) is 4.98 Å². The number of rotatable bonds is 4. The van der Waals surface area contributed by atoms with Crippen LogP contribution in [-0.2, 0) is 6.54 Å². The Morgan fingerprint density at radius 2 is 2.11 bits per heavy atom. The summed E-state index contributed by atoms with van der Waals surface area (Å²) >= 11 is 0. The second-order valence-electron chi connectivity index (χ2n) is 4.35. The largest absolute Gasteiger partial charge is 0.399 e. The number of aromatic nitrogens is 1. The van der Waals surface area contributed by atoms with E-state index in [9.17, 15) is 0 Å². The SMILES string of the molecule is CC(NCc1cccnc1)c1cc(N)ccc1N. The molecule has 0 fully saturated rings. The summed E-state index contributed by atoms with van der Waals surface area (Å²) in [6, 6.07) is 9.68. The summed E-state index contributed by atoms with van der Waals surface area (Å²) in [4.78, 5) is 4.08. The Morgan fingerprint density at radius 3 is 2.83 bits per heavy atom. The molecule has 1 heterocycles. The summed E-state index contributed by atoms with van der Waals surface area (Å²) in [6.45, 7) is 2.82. The molecular weight excluding hydrogens is 224 g/mol. The van der Waals surface area contributed by atoms with Gasteiger partial charge in [0.15, 0.2) is 0 Å². The standard InChI is InChI=1S/C14H18N4/c1-10(13-7-12(15)4-5-14(13)16)18-9-11-3-2-6-17-8-11/h2-8,10,18H,9,15-16H2,1H3. The minimum atomic E-state index is 0.147. The monoisotopic (exact) mass is 242 g/mol. The first-order valence-electron chi connectivity index (χ1n) is 5.94. The smallest absolute Gasteiger partial charge is 0.0363 e. The van der Waals surface area contributed by atoms with E-state index in [0.717, 1.165) is 29.0 Å². The van der Waals surface area contributed by atoms with E-state index in [2.05, 4.69) is 17.2 Å². The van der Waals surface area contributed by atoms with Gasteiger partial charge in [0.05, 0.1) is 0 Å². The van der Waals surface area contributed by atoms with Gasteiger partial charge in [-0.3, -0.25) is 4.98 Å². The van der Waals surface area contributed by atoms with Gasteiger partial charge in [-0.2, -0.15) is 0 Å². The van der Waals surface area contributed by atoms with Crippen LogP contribution in [0.5, 0.6) is 0 Å². The molecule has 0 saturated carbocycles. The number of anilines is 2. The molecule has 0 aliphatic heterocycles. The summed E-state index contributed by atoms with van der Waals surface area (Å²) in [5.74, 6) is 0. The molecule has 0 bridgehead atoms. The number of hydrogen-bond donors (Lipinski definition) is 3. The molecule has 4 heteroatoms. The van der Waals surface area contributed by atoms with Gasteiger partial charge in [-0.1, -0.05) is 6.07 Å². The van der Waals surface area contributed by atoms with Gasteiger partial charge in [-0.25, -0.2) is 0 Å². The van der Waals surface area contributed by atoms with Crippen LogP contribution in [0.25, 0.3) is 0 Å². The first kappa shape index (κ1) is 12.4. The minimum Gasteiger partial charge on any atom is -0.399 e. The fraction of sp³-hybridized carbons (Fsp3) is 0.214. The average Bonchev–Trinajstić information content (AvgIpc) is 2.40. The average molecular weight is 242 g/mol. The fourth-order valence-electron chi connectivity index (χ4n) is 1.85. The third-order valence-corrected chi connectivity index (χ3v) is 2.91. The van der Waals surface area contributed by atoms with Crippen molar-refractivity contribution in [1.29, 1.82) is 0 Å². The highest BCUT2D eigenvalue weighted by molar-refractivity contribution is 5.56. The van der Waals surface area contributed by atoms with Crippen LogP contribution in [0.4, 0.5) is 11.4 Å². The Balaban J connectivity index is 2.03. The number of nitrogens with two attached hydrogens (primary N) is 2. The van der Waals surface area contributed by atoms with Gasteiger partial charge in [0.25, 0.3) is 0 Å². The normalized spacial score (nSPS) is 12.3. The third-order valence-electron chi connectivity index (χ3n) is 2.91. The van der Waals surface area contributed by atoms with Crippen molar-refractivity contribution in [2.75, 3.05) is 11.5 Å². The Bertz CT molecular complexity index is 510. The summed E-state index contributed by atoms with van der Waals surface area (Å²) in [5.41, 5.74) is 15.4. The molecule has 0 saturated heterocycles. The lowest BCUT2D eigenvalue weighted by Gasteiger charge is -2.16. The van der Waals surface area contributed by atoms with Gasteiger partial charge >= 0.3 is 0 Å². The van der Waals surface area contributed by atoms with Crippen LogP contribution in [0.3, 0.4) is 0 Å². The number of benzene rings is 1. The second-order valence-corrected chi connectivity index (χ2v) is 4.35. The molecule has 1 atom stereocenters. The number of nitrogens with zero attached hydrogens (tertiary/aromatic N) is 1. The molecule has 1 aromatic heterocycles. The molecule has 0 aliphatic rings. The zero-order chi connectivity index (χ0) is 13.0. The van der Waals surface area contributed by atoms with E-state index in [1.807, 2.05) is 36.5 Å². The summed E-state index contributed by atoms with van der Waals surface area (Å²) in [5, 5.41) is 3.41. The van der Waals surface area contributed by atoms with Crippen LogP contribution >= 0.6 is 0 Å². The van der Waals surface area contributed by atoms with Crippen molar-refractivity contribution in [3.05, 3.63) is 53.9 Å². The van der Waals surface area contributed by atoms with E-state index in [4.69, 9.17) is 11.5 Å². The molecule has 0 aliphatic carbocycles. The highest BCUT2D eigenvalue weighted by atomic mass is 14.9. The molecule has 1 aromatic carbocycles. The molecule has 2 rings (SSSR count). The van der Waals surface area contributed by atoms with Crippen LogP contribution < -0.4 is 16.8 Å². The van der Waals surface area contributed by atoms with Crippen LogP contribution in [0.2, 0.25) is 0 Å². The lowest BCUT2D eigenvalue weighted by atomic mass is 10.1. The maximum Gasteiger partial charge on any atom is 0.0363 e. The number of pyridine rings is 1. The van der Waals surface area contributed by atoms with Crippen molar-refractivity contribution in [2.45, 2.75) is 19.5 Å². The maximum atomic E-state index is 5.95. The lowest BCUT2D eigenvalue weighted by molar-refractivity contribution is 0.575. The zero-order valence-corrected chi connectivity index (χ0v) is 10.4. The quantitative estimate of drug-likeness (QED) is 0.717. The van der Waals surface area contributed by atoms with Crippen molar-refractivity contribution < 1.29 is 0 Å².